The summed E-state index contributed by atoms with van der Waals surface area (Å²) in [6, 6.07) is 5.03. The number of benzene rings is 2. The van der Waals surface area contributed by atoms with Crippen LogP contribution in [0.3, 0.4) is 0 Å². The average Bonchev–Trinajstić information content (AvgIpc) is 2.75. The minimum atomic E-state index is -4.24. The molecular weight excluding hydrogens is 476 g/mol. The van der Waals surface area contributed by atoms with E-state index in [0.717, 1.165) is 23.0 Å². The van der Waals surface area contributed by atoms with E-state index in [1.54, 1.807) is 0 Å². The summed E-state index contributed by atoms with van der Waals surface area (Å²) in [5, 5.41) is 19.6. The first kappa shape index (κ1) is 25.9. The van der Waals surface area contributed by atoms with Gasteiger partial charge in [-0.2, -0.15) is 0 Å². The van der Waals surface area contributed by atoms with Gasteiger partial charge >= 0.3 is 0 Å². The first-order chi connectivity index (χ1) is 15.4. The molecule has 33 heavy (non-hydrogen) atoms. The zero-order chi connectivity index (χ0) is 24.8. The van der Waals surface area contributed by atoms with E-state index >= 15 is 0 Å². The van der Waals surface area contributed by atoms with Crippen LogP contribution in [0.25, 0.3) is 12.2 Å². The van der Waals surface area contributed by atoms with Gasteiger partial charge in [0.1, 0.15) is 34.5 Å². The molecular formula is C21H24O10S2. The summed E-state index contributed by atoms with van der Waals surface area (Å²) in [7, 11) is -3.19. The number of rotatable bonds is 10. The first-order valence-electron chi connectivity index (χ1n) is 9.17. The Bertz CT molecular complexity index is 1130. The highest BCUT2D eigenvalue weighted by Crippen LogP contribution is 2.36. The van der Waals surface area contributed by atoms with Crippen molar-refractivity contribution in [1.82, 2.24) is 0 Å². The van der Waals surface area contributed by atoms with Crippen LogP contribution in [0.5, 0.6) is 34.5 Å². The summed E-state index contributed by atoms with van der Waals surface area (Å²) < 4.78 is 70.4. The summed E-state index contributed by atoms with van der Waals surface area (Å²) >= 11 is 0. The largest absolute Gasteiger partial charge is 0.508 e. The van der Waals surface area contributed by atoms with E-state index in [9.17, 15) is 27.0 Å². The van der Waals surface area contributed by atoms with Gasteiger partial charge in [-0.15, -0.1) is 0 Å². The van der Waals surface area contributed by atoms with E-state index in [1.165, 1.54) is 52.7 Å². The van der Waals surface area contributed by atoms with Crippen LogP contribution in [-0.2, 0) is 19.7 Å². The third-order valence-corrected chi connectivity index (χ3v) is 8.00. The Kier molecular flexibility index (Phi) is 8.23. The second kappa shape index (κ2) is 10.5. The molecule has 2 N–H and O–H groups in total. The molecule has 0 aromatic heterocycles. The van der Waals surface area contributed by atoms with Crippen molar-refractivity contribution < 1.29 is 46.0 Å². The Balaban J connectivity index is 2.34. The van der Waals surface area contributed by atoms with E-state index in [1.807, 2.05) is 0 Å². The van der Waals surface area contributed by atoms with Gasteiger partial charge in [-0.1, -0.05) is 0 Å². The predicted octanol–water partition coefficient (Wildman–Crippen LogP) is 2.56. The van der Waals surface area contributed by atoms with Gasteiger partial charge in [0.05, 0.1) is 39.6 Å². The molecule has 10 nitrogen and oxygen atoms in total. The quantitative estimate of drug-likeness (QED) is 0.499. The van der Waals surface area contributed by atoms with Gasteiger partial charge in [0.15, 0.2) is 24.8 Å². The molecule has 0 spiro atoms. The Morgan fingerprint density at radius 2 is 0.909 bits per heavy atom. The third-order valence-electron chi connectivity index (χ3n) is 4.27. The standard InChI is InChI=1S/C21H24O10S2/c1-28-18-9-14(22)10-19(29-2)16(18)5-7-32(24,25)13-33(26,27)8-6-17-20(30-3)11-15(23)12-21(17)31-4/h5-12,22-23H,13H2,1-4H3/b7-5+,8-6?. The van der Waals surface area contributed by atoms with Crippen molar-refractivity contribution in [3.63, 3.8) is 0 Å². The SMILES string of the molecule is COc1cc(O)cc(OC)c1C=CS(=O)(=O)CS(=O)(=O)/C=C/c1c(OC)cc(O)cc1OC. The van der Waals surface area contributed by atoms with E-state index in [-0.39, 0.29) is 45.6 Å². The summed E-state index contributed by atoms with van der Waals surface area (Å²) in [4.78, 5) is 0. The van der Waals surface area contributed by atoms with Crippen LogP contribution in [0, 0.1) is 0 Å². The smallest absolute Gasteiger partial charge is 0.186 e. The monoisotopic (exact) mass is 500 g/mol. The van der Waals surface area contributed by atoms with Crippen LogP contribution in [0.2, 0.25) is 0 Å². The topological polar surface area (TPSA) is 146 Å². The fraction of sp³-hybridized carbons (Fsp3) is 0.238. The maximum Gasteiger partial charge on any atom is 0.186 e. The van der Waals surface area contributed by atoms with Gasteiger partial charge in [-0.05, 0) is 12.2 Å². The van der Waals surface area contributed by atoms with Crippen LogP contribution in [0.4, 0.5) is 0 Å². The second-order valence-electron chi connectivity index (χ2n) is 6.58. The van der Waals surface area contributed by atoms with E-state index in [4.69, 9.17) is 18.9 Å². The van der Waals surface area contributed by atoms with Crippen molar-refractivity contribution in [2.75, 3.05) is 33.5 Å². The van der Waals surface area contributed by atoms with Gasteiger partial charge in [-0.3, -0.25) is 0 Å². The Hall–Kier alpha value is -3.38. The lowest BCUT2D eigenvalue weighted by Crippen LogP contribution is -2.12. The van der Waals surface area contributed by atoms with Crippen molar-refractivity contribution in [3.8, 4) is 34.5 Å². The molecule has 0 atom stereocenters. The lowest BCUT2D eigenvalue weighted by molar-refractivity contribution is 0.383. The molecule has 0 unspecified atom stereocenters. The summed E-state index contributed by atoms with van der Waals surface area (Å²) in [5.74, 6) is 0.216. The lowest BCUT2D eigenvalue weighted by atomic mass is 10.1. The van der Waals surface area contributed by atoms with E-state index in [0.29, 0.717) is 0 Å². The van der Waals surface area contributed by atoms with Crippen molar-refractivity contribution in [3.05, 3.63) is 46.2 Å². The number of phenols is 2. The molecule has 0 bridgehead atoms. The first-order valence-corrected chi connectivity index (χ1v) is 12.6. The molecule has 180 valence electrons. The van der Waals surface area contributed by atoms with Crippen LogP contribution in [0.1, 0.15) is 11.1 Å². The second-order valence-corrected chi connectivity index (χ2v) is 10.7. The van der Waals surface area contributed by atoms with Gasteiger partial charge in [0, 0.05) is 35.1 Å². The molecule has 0 amide bonds. The number of hydrogen-bond donors (Lipinski definition) is 2. The van der Waals surface area contributed by atoms with Gasteiger partial charge in [-0.25, -0.2) is 16.8 Å². The Labute approximate surface area is 192 Å². The number of hydrogen-bond acceptors (Lipinski definition) is 10. The van der Waals surface area contributed by atoms with Crippen molar-refractivity contribution in [1.29, 1.82) is 0 Å². The van der Waals surface area contributed by atoms with E-state index < -0.39 is 24.8 Å². The minimum absolute atomic E-state index is 0.132. The third kappa shape index (κ3) is 6.80. The normalized spacial score (nSPS) is 12.2. The summed E-state index contributed by atoms with van der Waals surface area (Å²) in [5.41, 5.74) is 0.403. The fourth-order valence-electron chi connectivity index (χ4n) is 2.83. The Morgan fingerprint density at radius 1 is 0.636 bits per heavy atom. The lowest BCUT2D eigenvalue weighted by Gasteiger charge is -2.11. The highest BCUT2D eigenvalue weighted by Gasteiger charge is 2.20. The molecule has 0 saturated heterocycles. The van der Waals surface area contributed by atoms with Crippen LogP contribution >= 0.6 is 0 Å². The van der Waals surface area contributed by atoms with Crippen LogP contribution < -0.4 is 18.9 Å². The molecule has 0 aliphatic rings. The Morgan fingerprint density at radius 3 is 1.15 bits per heavy atom. The highest BCUT2D eigenvalue weighted by atomic mass is 32.3. The molecule has 0 aliphatic carbocycles. The van der Waals surface area contributed by atoms with Crippen molar-refractivity contribution in [2.45, 2.75) is 0 Å². The van der Waals surface area contributed by atoms with Crippen LogP contribution in [0.15, 0.2) is 35.1 Å². The minimum Gasteiger partial charge on any atom is -0.508 e. The molecule has 0 heterocycles. The van der Waals surface area contributed by atoms with E-state index in [2.05, 4.69) is 0 Å². The van der Waals surface area contributed by atoms with Gasteiger partial charge in [0.25, 0.3) is 0 Å². The maximum absolute atomic E-state index is 12.5. The van der Waals surface area contributed by atoms with Crippen molar-refractivity contribution in [2.24, 2.45) is 0 Å². The molecule has 2 aromatic carbocycles. The zero-order valence-electron chi connectivity index (χ0n) is 18.3. The summed E-state index contributed by atoms with van der Waals surface area (Å²) in [6.45, 7) is 0. The molecule has 12 heteroatoms. The number of ether oxygens (including phenoxy) is 4. The molecule has 0 aliphatic heterocycles. The molecule has 0 saturated carbocycles. The number of sulfone groups is 2. The number of phenolic OH excluding ortho intramolecular Hbond substituents is 2. The summed E-state index contributed by atoms with van der Waals surface area (Å²) in [6.07, 6.45) is 2.25. The number of methoxy groups -OCH3 is 4. The van der Waals surface area contributed by atoms with Gasteiger partial charge < -0.3 is 29.2 Å². The fourth-order valence-corrected chi connectivity index (χ4v) is 5.98. The van der Waals surface area contributed by atoms with Crippen molar-refractivity contribution >= 4 is 31.8 Å². The highest BCUT2D eigenvalue weighted by molar-refractivity contribution is 8.10. The molecule has 0 radical (unpaired) electrons. The molecule has 0 fully saturated rings. The van der Waals surface area contributed by atoms with Crippen LogP contribution in [-0.4, -0.2) is 60.6 Å². The maximum atomic E-state index is 12.5. The van der Waals surface area contributed by atoms with Gasteiger partial charge in [0.2, 0.25) is 0 Å². The number of aromatic hydroxyl groups is 2. The molecule has 2 aromatic rings. The predicted molar refractivity (Wildman–Crippen MR) is 123 cm³/mol. The zero-order valence-corrected chi connectivity index (χ0v) is 19.9. The average molecular weight is 501 g/mol. The molecule has 2 rings (SSSR count).